The Bertz CT molecular complexity index is 607. The number of aryl methyl sites for hydroxylation is 2. The van der Waals surface area contributed by atoms with Crippen molar-refractivity contribution in [3.8, 4) is 10.6 Å². The van der Waals surface area contributed by atoms with Gasteiger partial charge in [0.2, 0.25) is 0 Å². The molecule has 1 aromatic carbocycles. The molecule has 18 heavy (non-hydrogen) atoms. The molecular formula is C13H12BrNO2S. The molecule has 0 fully saturated rings. The second-order valence-corrected chi connectivity index (χ2v) is 5.80. The van der Waals surface area contributed by atoms with Gasteiger partial charge >= 0.3 is 5.97 Å². The van der Waals surface area contributed by atoms with Crippen molar-refractivity contribution in [2.75, 3.05) is 7.11 Å². The molecule has 0 aliphatic heterocycles. The summed E-state index contributed by atoms with van der Waals surface area (Å²) in [5, 5.41) is 0.845. The zero-order valence-corrected chi connectivity index (χ0v) is 12.7. The Kier molecular flexibility index (Phi) is 3.82. The smallest absolute Gasteiger partial charge is 0.349 e. The van der Waals surface area contributed by atoms with E-state index in [9.17, 15) is 4.79 Å². The van der Waals surface area contributed by atoms with E-state index in [4.69, 9.17) is 4.74 Å². The van der Waals surface area contributed by atoms with Crippen molar-refractivity contribution < 1.29 is 9.53 Å². The lowest BCUT2D eigenvalue weighted by molar-refractivity contribution is 0.0605. The van der Waals surface area contributed by atoms with Crippen LogP contribution < -0.4 is 0 Å². The number of carbonyl (C=O) groups is 1. The molecule has 94 valence electrons. The number of carbonyl (C=O) groups excluding carboxylic acids is 1. The van der Waals surface area contributed by atoms with Crippen LogP contribution in [0, 0.1) is 13.8 Å². The van der Waals surface area contributed by atoms with Gasteiger partial charge in [0.05, 0.1) is 12.8 Å². The Morgan fingerprint density at radius 3 is 2.72 bits per heavy atom. The second kappa shape index (κ2) is 5.20. The predicted octanol–water partition coefficient (Wildman–Crippen LogP) is 3.98. The average molecular weight is 326 g/mol. The van der Waals surface area contributed by atoms with Crippen molar-refractivity contribution in [3.63, 3.8) is 0 Å². The molecule has 3 nitrogen and oxygen atoms in total. The fraction of sp³-hybridized carbons (Fsp3) is 0.231. The van der Waals surface area contributed by atoms with Crippen molar-refractivity contribution in [3.05, 3.63) is 38.8 Å². The number of esters is 1. The van der Waals surface area contributed by atoms with Gasteiger partial charge in [-0.25, -0.2) is 9.78 Å². The number of rotatable bonds is 2. The second-order valence-electron chi connectivity index (χ2n) is 3.88. The minimum Gasteiger partial charge on any atom is -0.465 e. The van der Waals surface area contributed by atoms with Crippen LogP contribution in [0.2, 0.25) is 0 Å². The van der Waals surface area contributed by atoms with Gasteiger partial charge in [-0.1, -0.05) is 22.0 Å². The predicted molar refractivity (Wildman–Crippen MR) is 76.1 cm³/mol. The van der Waals surface area contributed by atoms with Gasteiger partial charge in [0.15, 0.2) is 0 Å². The lowest BCUT2D eigenvalue weighted by Crippen LogP contribution is -1.99. The Morgan fingerprint density at radius 1 is 1.39 bits per heavy atom. The fourth-order valence-corrected chi connectivity index (χ4v) is 3.21. The Hall–Kier alpha value is -1.20. The van der Waals surface area contributed by atoms with E-state index in [1.807, 2.05) is 32.0 Å². The lowest BCUT2D eigenvalue weighted by atomic mass is 10.1. The van der Waals surface area contributed by atoms with Gasteiger partial charge in [-0.2, -0.15) is 0 Å². The highest BCUT2D eigenvalue weighted by Gasteiger charge is 2.17. The van der Waals surface area contributed by atoms with Gasteiger partial charge in [-0.15, -0.1) is 11.3 Å². The summed E-state index contributed by atoms with van der Waals surface area (Å²) in [7, 11) is 1.38. The molecule has 1 aromatic heterocycles. The number of hydrogen-bond acceptors (Lipinski definition) is 4. The molecule has 0 spiro atoms. The molecule has 1 heterocycles. The summed E-state index contributed by atoms with van der Waals surface area (Å²) in [4.78, 5) is 16.6. The number of hydrogen-bond donors (Lipinski definition) is 0. The zero-order valence-electron chi connectivity index (χ0n) is 10.3. The van der Waals surface area contributed by atoms with Crippen molar-refractivity contribution in [1.82, 2.24) is 4.98 Å². The van der Waals surface area contributed by atoms with E-state index in [0.717, 1.165) is 20.6 Å². The summed E-state index contributed by atoms with van der Waals surface area (Å²) in [6.45, 7) is 3.84. The molecule has 2 aromatic rings. The van der Waals surface area contributed by atoms with Gasteiger partial charge in [0, 0.05) is 10.0 Å². The van der Waals surface area contributed by atoms with Crippen molar-refractivity contribution >= 4 is 33.2 Å². The normalized spacial score (nSPS) is 10.4. The summed E-state index contributed by atoms with van der Waals surface area (Å²) in [5.74, 6) is -0.328. The summed E-state index contributed by atoms with van der Waals surface area (Å²) < 4.78 is 5.77. The third-order valence-corrected chi connectivity index (χ3v) is 4.25. The van der Waals surface area contributed by atoms with E-state index in [2.05, 4.69) is 20.9 Å². The van der Waals surface area contributed by atoms with E-state index in [1.165, 1.54) is 18.4 Å². The number of methoxy groups -OCH3 is 1. The maximum atomic E-state index is 11.6. The minimum absolute atomic E-state index is 0.328. The summed E-state index contributed by atoms with van der Waals surface area (Å²) in [6.07, 6.45) is 0. The van der Waals surface area contributed by atoms with Gasteiger partial charge in [-0.3, -0.25) is 0 Å². The SMILES string of the molecule is COC(=O)c1sc(-c2ccc(Br)cc2C)nc1C. The minimum atomic E-state index is -0.328. The molecule has 0 radical (unpaired) electrons. The van der Waals surface area contributed by atoms with E-state index in [1.54, 1.807) is 0 Å². The molecule has 0 amide bonds. The highest BCUT2D eigenvalue weighted by atomic mass is 79.9. The third kappa shape index (κ3) is 2.47. The largest absolute Gasteiger partial charge is 0.465 e. The summed E-state index contributed by atoms with van der Waals surface area (Å²) in [5.41, 5.74) is 2.88. The first-order valence-electron chi connectivity index (χ1n) is 5.35. The van der Waals surface area contributed by atoms with E-state index >= 15 is 0 Å². The molecule has 0 saturated carbocycles. The molecule has 0 aliphatic rings. The maximum absolute atomic E-state index is 11.6. The number of aromatic nitrogens is 1. The van der Waals surface area contributed by atoms with Crippen LogP contribution in [0.3, 0.4) is 0 Å². The van der Waals surface area contributed by atoms with Crippen LogP contribution >= 0.6 is 27.3 Å². The van der Waals surface area contributed by atoms with Crippen LogP contribution in [-0.2, 0) is 4.74 Å². The van der Waals surface area contributed by atoms with Crippen LogP contribution in [0.25, 0.3) is 10.6 Å². The Balaban J connectivity index is 2.49. The number of halogens is 1. The molecule has 0 atom stereocenters. The van der Waals surface area contributed by atoms with E-state index < -0.39 is 0 Å². The first-order chi connectivity index (χ1) is 8.52. The molecule has 0 N–H and O–H groups in total. The Labute approximate surface area is 118 Å². The number of nitrogens with zero attached hydrogens (tertiary/aromatic N) is 1. The Morgan fingerprint density at radius 2 is 2.11 bits per heavy atom. The highest BCUT2D eigenvalue weighted by molar-refractivity contribution is 9.10. The quantitative estimate of drug-likeness (QED) is 0.784. The van der Waals surface area contributed by atoms with Gasteiger partial charge in [0.1, 0.15) is 9.88 Å². The van der Waals surface area contributed by atoms with E-state index in [-0.39, 0.29) is 5.97 Å². The first kappa shape index (κ1) is 13.2. The van der Waals surface area contributed by atoms with Crippen molar-refractivity contribution in [1.29, 1.82) is 0 Å². The summed E-state index contributed by atoms with van der Waals surface area (Å²) in [6, 6.07) is 6.00. The van der Waals surface area contributed by atoms with Crippen LogP contribution in [0.5, 0.6) is 0 Å². The van der Waals surface area contributed by atoms with Crippen LogP contribution in [0.15, 0.2) is 22.7 Å². The van der Waals surface area contributed by atoms with Gasteiger partial charge < -0.3 is 4.74 Å². The lowest BCUT2D eigenvalue weighted by Gasteiger charge is -2.02. The highest BCUT2D eigenvalue weighted by Crippen LogP contribution is 2.31. The molecule has 0 unspecified atom stereocenters. The van der Waals surface area contributed by atoms with Gasteiger partial charge in [0.25, 0.3) is 0 Å². The van der Waals surface area contributed by atoms with Crippen molar-refractivity contribution in [2.45, 2.75) is 13.8 Å². The molecule has 5 heteroatoms. The maximum Gasteiger partial charge on any atom is 0.349 e. The third-order valence-electron chi connectivity index (χ3n) is 2.59. The fourth-order valence-electron chi connectivity index (χ4n) is 1.66. The molecular weight excluding hydrogens is 314 g/mol. The molecule has 0 aliphatic carbocycles. The first-order valence-corrected chi connectivity index (χ1v) is 6.96. The molecule has 0 bridgehead atoms. The summed E-state index contributed by atoms with van der Waals surface area (Å²) >= 11 is 4.80. The monoisotopic (exact) mass is 325 g/mol. The number of ether oxygens (including phenoxy) is 1. The number of benzene rings is 1. The zero-order chi connectivity index (χ0) is 13.3. The molecule has 2 rings (SSSR count). The topological polar surface area (TPSA) is 39.2 Å². The van der Waals surface area contributed by atoms with E-state index in [0.29, 0.717) is 10.6 Å². The molecule has 0 saturated heterocycles. The van der Waals surface area contributed by atoms with Gasteiger partial charge in [-0.05, 0) is 31.5 Å². The van der Waals surface area contributed by atoms with Crippen LogP contribution in [0.4, 0.5) is 0 Å². The van der Waals surface area contributed by atoms with Crippen LogP contribution in [0.1, 0.15) is 20.9 Å². The van der Waals surface area contributed by atoms with Crippen molar-refractivity contribution in [2.24, 2.45) is 0 Å². The van der Waals surface area contributed by atoms with Crippen LogP contribution in [-0.4, -0.2) is 18.1 Å². The standard InChI is InChI=1S/C13H12BrNO2S/c1-7-6-9(14)4-5-10(7)12-15-8(2)11(18-12)13(16)17-3/h4-6H,1-3H3. The average Bonchev–Trinajstić information content (AvgIpc) is 2.70. The number of thiazole rings is 1.